The molecular formula is C27H31N3O6S. The van der Waals surface area contributed by atoms with E-state index < -0.39 is 0 Å². The SMILES string of the molecule is COc1cc(OC)cc(C(=O)N[C@H]2CCCC[C@@H]2NC(=O)c2csc(COc3ccccc3OC)n2)c1. The maximum Gasteiger partial charge on any atom is 0.271 e. The van der Waals surface area contributed by atoms with E-state index in [2.05, 4.69) is 15.6 Å². The largest absolute Gasteiger partial charge is 0.497 e. The number of aromatic nitrogens is 1. The van der Waals surface area contributed by atoms with E-state index >= 15 is 0 Å². The molecule has 0 radical (unpaired) electrons. The van der Waals surface area contributed by atoms with Crippen molar-refractivity contribution >= 4 is 23.2 Å². The Labute approximate surface area is 220 Å². The van der Waals surface area contributed by atoms with Crippen LogP contribution in [0.2, 0.25) is 0 Å². The van der Waals surface area contributed by atoms with Crippen LogP contribution in [0.4, 0.5) is 0 Å². The van der Waals surface area contributed by atoms with Crippen molar-refractivity contribution in [3.63, 3.8) is 0 Å². The van der Waals surface area contributed by atoms with Gasteiger partial charge in [0.05, 0.1) is 21.3 Å². The zero-order valence-electron chi connectivity index (χ0n) is 21.1. The van der Waals surface area contributed by atoms with Crippen molar-refractivity contribution in [1.29, 1.82) is 0 Å². The molecule has 1 aromatic heterocycles. The molecule has 2 atom stereocenters. The molecule has 1 fully saturated rings. The Kier molecular flexibility index (Phi) is 8.84. The zero-order valence-corrected chi connectivity index (χ0v) is 21.9. The van der Waals surface area contributed by atoms with Gasteiger partial charge < -0.3 is 29.6 Å². The summed E-state index contributed by atoms with van der Waals surface area (Å²) in [5.74, 6) is 1.80. The average molecular weight is 526 g/mol. The van der Waals surface area contributed by atoms with Crippen LogP contribution in [0, 0.1) is 0 Å². The molecule has 9 nitrogen and oxygen atoms in total. The van der Waals surface area contributed by atoms with Crippen LogP contribution in [-0.2, 0) is 6.61 Å². The molecule has 0 unspecified atom stereocenters. The van der Waals surface area contributed by atoms with Crippen molar-refractivity contribution in [2.75, 3.05) is 21.3 Å². The molecule has 196 valence electrons. The van der Waals surface area contributed by atoms with Gasteiger partial charge in [0, 0.05) is 29.1 Å². The molecule has 0 bridgehead atoms. The predicted molar refractivity (Wildman–Crippen MR) is 140 cm³/mol. The van der Waals surface area contributed by atoms with E-state index in [1.807, 2.05) is 24.3 Å². The first-order valence-electron chi connectivity index (χ1n) is 12.1. The Morgan fingerprint density at radius 3 is 2.14 bits per heavy atom. The molecule has 1 aliphatic rings. The fraction of sp³-hybridized carbons (Fsp3) is 0.370. The Morgan fingerprint density at radius 2 is 1.51 bits per heavy atom. The summed E-state index contributed by atoms with van der Waals surface area (Å²) in [7, 11) is 4.66. The number of hydrogen-bond donors (Lipinski definition) is 2. The number of hydrogen-bond acceptors (Lipinski definition) is 8. The summed E-state index contributed by atoms with van der Waals surface area (Å²) >= 11 is 1.36. The first kappa shape index (κ1) is 26.3. The zero-order chi connectivity index (χ0) is 26.2. The van der Waals surface area contributed by atoms with E-state index in [1.165, 1.54) is 25.6 Å². The monoisotopic (exact) mass is 525 g/mol. The number of para-hydroxylation sites is 2. The number of amides is 2. The third kappa shape index (κ3) is 6.71. The number of ether oxygens (including phenoxy) is 4. The lowest BCUT2D eigenvalue weighted by Gasteiger charge is -2.32. The van der Waals surface area contributed by atoms with Gasteiger partial charge in [0.25, 0.3) is 11.8 Å². The van der Waals surface area contributed by atoms with E-state index in [0.29, 0.717) is 39.3 Å². The highest BCUT2D eigenvalue weighted by molar-refractivity contribution is 7.09. The van der Waals surface area contributed by atoms with Crippen LogP contribution in [0.1, 0.15) is 51.5 Å². The first-order chi connectivity index (χ1) is 18.0. The van der Waals surface area contributed by atoms with E-state index in [1.54, 1.807) is 30.7 Å². The molecule has 2 aromatic carbocycles. The number of nitrogens with one attached hydrogen (secondary N) is 2. The number of thiazole rings is 1. The maximum absolute atomic E-state index is 13.0. The molecule has 4 rings (SSSR count). The van der Waals surface area contributed by atoms with Gasteiger partial charge >= 0.3 is 0 Å². The summed E-state index contributed by atoms with van der Waals surface area (Å²) < 4.78 is 21.7. The normalized spacial score (nSPS) is 16.9. The molecule has 1 saturated carbocycles. The fourth-order valence-electron chi connectivity index (χ4n) is 4.27. The molecular weight excluding hydrogens is 494 g/mol. The van der Waals surface area contributed by atoms with Crippen molar-refractivity contribution < 1.29 is 28.5 Å². The molecule has 10 heteroatoms. The van der Waals surface area contributed by atoms with E-state index in [0.717, 1.165) is 25.7 Å². The standard InChI is InChI=1S/C27H31N3O6S/c1-33-18-12-17(13-19(14-18)34-2)26(31)29-20-8-4-5-9-21(20)30-27(32)22-16-37-25(28-22)15-36-24-11-7-6-10-23(24)35-3/h6-7,10-14,16,20-21H,4-5,8-9,15H2,1-3H3,(H,29,31)(H,30,32)/t20-,21-/m0/s1. The van der Waals surface area contributed by atoms with Gasteiger partial charge in [0.15, 0.2) is 11.5 Å². The van der Waals surface area contributed by atoms with Crippen LogP contribution in [0.5, 0.6) is 23.0 Å². The highest BCUT2D eigenvalue weighted by atomic mass is 32.1. The second-order valence-corrected chi connectivity index (χ2v) is 9.55. The minimum atomic E-state index is -0.269. The number of methoxy groups -OCH3 is 3. The lowest BCUT2D eigenvalue weighted by atomic mass is 9.90. The third-order valence-corrected chi connectivity index (χ3v) is 7.04. The summed E-state index contributed by atoms with van der Waals surface area (Å²) in [5.41, 5.74) is 0.767. The lowest BCUT2D eigenvalue weighted by Crippen LogP contribution is -2.53. The van der Waals surface area contributed by atoms with Crippen LogP contribution < -0.4 is 29.6 Å². The van der Waals surface area contributed by atoms with Gasteiger partial charge in [-0.05, 0) is 37.1 Å². The Bertz CT molecular complexity index is 1210. The van der Waals surface area contributed by atoms with Crippen molar-refractivity contribution in [3.8, 4) is 23.0 Å². The van der Waals surface area contributed by atoms with Gasteiger partial charge in [-0.3, -0.25) is 9.59 Å². The Balaban J connectivity index is 1.37. The molecule has 2 amide bonds. The van der Waals surface area contributed by atoms with Crippen molar-refractivity contribution in [1.82, 2.24) is 15.6 Å². The third-order valence-electron chi connectivity index (χ3n) is 6.22. The molecule has 0 aliphatic heterocycles. The second kappa shape index (κ2) is 12.4. The number of carbonyl (C=O) groups excluding carboxylic acids is 2. The fourth-order valence-corrected chi connectivity index (χ4v) is 4.95. The van der Waals surface area contributed by atoms with Gasteiger partial charge in [-0.2, -0.15) is 0 Å². The smallest absolute Gasteiger partial charge is 0.271 e. The minimum absolute atomic E-state index is 0.200. The van der Waals surface area contributed by atoms with Gasteiger partial charge in [-0.15, -0.1) is 11.3 Å². The second-order valence-electron chi connectivity index (χ2n) is 8.61. The summed E-state index contributed by atoms with van der Waals surface area (Å²) in [4.78, 5) is 30.5. The van der Waals surface area contributed by atoms with E-state index in [4.69, 9.17) is 18.9 Å². The number of carbonyl (C=O) groups is 2. The summed E-state index contributed by atoms with van der Waals surface area (Å²) in [6.45, 7) is 0.227. The highest BCUT2D eigenvalue weighted by Crippen LogP contribution is 2.27. The summed E-state index contributed by atoms with van der Waals surface area (Å²) in [6, 6.07) is 12.0. The first-order valence-corrected chi connectivity index (χ1v) is 12.9. The van der Waals surface area contributed by atoms with Crippen LogP contribution in [0.3, 0.4) is 0 Å². The van der Waals surface area contributed by atoms with Crippen LogP contribution in [0.15, 0.2) is 47.8 Å². The van der Waals surface area contributed by atoms with Gasteiger partial charge in [0.1, 0.15) is 28.8 Å². The minimum Gasteiger partial charge on any atom is -0.497 e. The molecule has 2 N–H and O–H groups in total. The quantitative estimate of drug-likeness (QED) is 0.408. The van der Waals surface area contributed by atoms with Crippen LogP contribution in [-0.4, -0.2) is 50.2 Å². The average Bonchev–Trinajstić information content (AvgIpc) is 3.42. The Hall–Kier alpha value is -3.79. The van der Waals surface area contributed by atoms with Gasteiger partial charge in [-0.25, -0.2) is 4.98 Å². The molecule has 37 heavy (non-hydrogen) atoms. The predicted octanol–water partition coefficient (Wildman–Crippen LogP) is 4.22. The summed E-state index contributed by atoms with van der Waals surface area (Å²) in [5, 5.41) is 8.55. The van der Waals surface area contributed by atoms with Crippen molar-refractivity contribution in [3.05, 3.63) is 64.1 Å². The molecule has 1 aliphatic carbocycles. The van der Waals surface area contributed by atoms with Crippen molar-refractivity contribution in [2.24, 2.45) is 0 Å². The van der Waals surface area contributed by atoms with E-state index in [9.17, 15) is 9.59 Å². The molecule has 3 aromatic rings. The molecule has 0 spiro atoms. The topological polar surface area (TPSA) is 108 Å². The van der Waals surface area contributed by atoms with Crippen LogP contribution >= 0.6 is 11.3 Å². The molecule has 0 saturated heterocycles. The highest BCUT2D eigenvalue weighted by Gasteiger charge is 2.29. The maximum atomic E-state index is 13.0. The van der Waals surface area contributed by atoms with Crippen LogP contribution in [0.25, 0.3) is 0 Å². The lowest BCUT2D eigenvalue weighted by molar-refractivity contribution is 0.0860. The van der Waals surface area contributed by atoms with Crippen molar-refractivity contribution in [2.45, 2.75) is 44.4 Å². The number of nitrogens with zero attached hydrogens (tertiary/aromatic N) is 1. The number of rotatable bonds is 10. The summed E-state index contributed by atoms with van der Waals surface area (Å²) in [6.07, 6.45) is 3.48. The van der Waals surface area contributed by atoms with Gasteiger partial charge in [0.2, 0.25) is 0 Å². The Morgan fingerprint density at radius 1 is 0.892 bits per heavy atom. The number of benzene rings is 2. The van der Waals surface area contributed by atoms with E-state index in [-0.39, 0.29) is 30.5 Å². The molecule has 1 heterocycles. The van der Waals surface area contributed by atoms with Gasteiger partial charge in [-0.1, -0.05) is 25.0 Å².